The van der Waals surface area contributed by atoms with Gasteiger partial charge in [-0.1, -0.05) is 6.42 Å². The van der Waals surface area contributed by atoms with Crippen LogP contribution in [-0.4, -0.2) is 18.5 Å². The molecule has 0 heterocycles. The number of carbonyl (C=O) groups is 1. The van der Waals surface area contributed by atoms with Crippen LogP contribution in [0, 0.1) is 17.6 Å². The first-order valence-electron chi connectivity index (χ1n) is 6.18. The maximum absolute atomic E-state index is 13.2. The van der Waals surface area contributed by atoms with E-state index in [2.05, 4.69) is 21.2 Å². The van der Waals surface area contributed by atoms with Crippen LogP contribution in [0.1, 0.15) is 29.6 Å². The Morgan fingerprint density at radius 2 is 2.05 bits per heavy atom. The van der Waals surface area contributed by atoms with Crippen LogP contribution in [-0.2, 0) is 0 Å². The Morgan fingerprint density at radius 3 is 2.74 bits per heavy atom. The lowest BCUT2D eigenvalue weighted by atomic mass is 10.0. The van der Waals surface area contributed by atoms with Crippen molar-refractivity contribution in [2.45, 2.75) is 25.3 Å². The van der Waals surface area contributed by atoms with E-state index in [0.29, 0.717) is 6.54 Å². The number of nitrogens with two attached hydrogens (primary N) is 1. The van der Waals surface area contributed by atoms with E-state index in [1.54, 1.807) is 0 Å². The Bertz CT molecular complexity index is 496. The maximum Gasteiger partial charge on any atom is 0.252 e. The van der Waals surface area contributed by atoms with E-state index in [9.17, 15) is 13.6 Å². The molecule has 1 aromatic rings. The SMILES string of the molecule is NCC1CCCC1NC(=O)c1cc(F)c(F)cc1Br. The van der Waals surface area contributed by atoms with Gasteiger partial charge in [0, 0.05) is 10.5 Å². The summed E-state index contributed by atoms with van der Waals surface area (Å²) in [5.41, 5.74) is 5.74. The lowest BCUT2D eigenvalue weighted by Gasteiger charge is -2.19. The van der Waals surface area contributed by atoms with E-state index in [-0.39, 0.29) is 22.0 Å². The summed E-state index contributed by atoms with van der Waals surface area (Å²) in [6.45, 7) is 0.518. The quantitative estimate of drug-likeness (QED) is 0.836. The van der Waals surface area contributed by atoms with Gasteiger partial charge >= 0.3 is 0 Å². The third-order valence-corrected chi connectivity index (χ3v) is 4.19. The van der Waals surface area contributed by atoms with Gasteiger partial charge in [-0.3, -0.25) is 4.79 Å². The van der Waals surface area contributed by atoms with E-state index >= 15 is 0 Å². The Hall–Kier alpha value is -1.01. The Labute approximate surface area is 118 Å². The second-order valence-corrected chi connectivity index (χ2v) is 5.61. The van der Waals surface area contributed by atoms with Crippen molar-refractivity contribution in [1.82, 2.24) is 5.32 Å². The molecule has 3 nitrogen and oxygen atoms in total. The highest BCUT2D eigenvalue weighted by atomic mass is 79.9. The highest BCUT2D eigenvalue weighted by Crippen LogP contribution is 2.26. The van der Waals surface area contributed by atoms with Crippen molar-refractivity contribution in [3.05, 3.63) is 33.8 Å². The van der Waals surface area contributed by atoms with Crippen molar-refractivity contribution in [3.63, 3.8) is 0 Å². The van der Waals surface area contributed by atoms with Gasteiger partial charge in [0.25, 0.3) is 5.91 Å². The number of carbonyl (C=O) groups excluding carboxylic acids is 1. The molecule has 1 amide bonds. The Balaban J connectivity index is 2.14. The van der Waals surface area contributed by atoms with Gasteiger partial charge in [0.15, 0.2) is 11.6 Å². The van der Waals surface area contributed by atoms with Crippen LogP contribution in [0.5, 0.6) is 0 Å². The normalized spacial score (nSPS) is 22.5. The van der Waals surface area contributed by atoms with Crippen molar-refractivity contribution in [3.8, 4) is 0 Å². The molecule has 0 bridgehead atoms. The van der Waals surface area contributed by atoms with Crippen LogP contribution >= 0.6 is 15.9 Å². The molecule has 1 aromatic carbocycles. The van der Waals surface area contributed by atoms with Gasteiger partial charge in [-0.25, -0.2) is 8.78 Å². The molecule has 0 aromatic heterocycles. The van der Waals surface area contributed by atoms with Gasteiger partial charge in [0.05, 0.1) is 5.56 Å². The molecule has 0 aliphatic heterocycles. The average molecular weight is 333 g/mol. The largest absolute Gasteiger partial charge is 0.349 e. The summed E-state index contributed by atoms with van der Waals surface area (Å²) in [5, 5.41) is 2.85. The van der Waals surface area contributed by atoms with Gasteiger partial charge < -0.3 is 11.1 Å². The monoisotopic (exact) mass is 332 g/mol. The lowest BCUT2D eigenvalue weighted by molar-refractivity contribution is 0.0927. The summed E-state index contributed by atoms with van der Waals surface area (Å²) in [4.78, 5) is 12.1. The van der Waals surface area contributed by atoms with Gasteiger partial charge in [0.1, 0.15) is 0 Å². The number of rotatable bonds is 3. The molecule has 0 radical (unpaired) electrons. The zero-order chi connectivity index (χ0) is 14.0. The standard InChI is InChI=1S/C13H15BrF2N2O/c14-9-5-11(16)10(15)4-8(9)13(19)18-12-3-1-2-7(12)6-17/h4-5,7,12H,1-3,6,17H2,(H,18,19). The topological polar surface area (TPSA) is 55.1 Å². The molecule has 0 spiro atoms. The van der Waals surface area contributed by atoms with E-state index < -0.39 is 17.5 Å². The van der Waals surface area contributed by atoms with Crippen LogP contribution in [0.3, 0.4) is 0 Å². The van der Waals surface area contributed by atoms with Gasteiger partial charge in [-0.15, -0.1) is 0 Å². The summed E-state index contributed by atoms with van der Waals surface area (Å²) in [7, 11) is 0. The van der Waals surface area contributed by atoms with Crippen LogP contribution < -0.4 is 11.1 Å². The number of hydrogen-bond donors (Lipinski definition) is 2. The number of halogens is 3. The van der Waals surface area contributed by atoms with Crippen LogP contribution in [0.2, 0.25) is 0 Å². The summed E-state index contributed by atoms with van der Waals surface area (Å²) in [6.07, 6.45) is 2.88. The van der Waals surface area contributed by atoms with E-state index in [1.807, 2.05) is 0 Å². The lowest BCUT2D eigenvalue weighted by Crippen LogP contribution is -2.40. The molecule has 1 fully saturated rings. The third-order valence-electron chi connectivity index (χ3n) is 3.53. The molecule has 6 heteroatoms. The number of benzene rings is 1. The van der Waals surface area contributed by atoms with E-state index in [4.69, 9.17) is 5.73 Å². The zero-order valence-corrected chi connectivity index (χ0v) is 11.8. The van der Waals surface area contributed by atoms with Gasteiger partial charge in [-0.2, -0.15) is 0 Å². The first-order chi connectivity index (χ1) is 9.02. The predicted octanol–water partition coefficient (Wildman–Crippen LogP) is 2.58. The number of amides is 1. The molecular weight excluding hydrogens is 318 g/mol. The zero-order valence-electron chi connectivity index (χ0n) is 10.3. The first-order valence-corrected chi connectivity index (χ1v) is 6.97. The summed E-state index contributed by atoms with van der Waals surface area (Å²) < 4.78 is 26.4. The molecule has 1 aliphatic carbocycles. The van der Waals surface area contributed by atoms with Crippen molar-refractivity contribution in [2.75, 3.05) is 6.54 Å². The molecule has 3 N–H and O–H groups in total. The smallest absolute Gasteiger partial charge is 0.252 e. The summed E-state index contributed by atoms with van der Waals surface area (Å²) in [5.74, 6) is -2.16. The molecule has 1 aliphatic rings. The minimum absolute atomic E-state index is 0.0116. The van der Waals surface area contributed by atoms with Crippen LogP contribution in [0.25, 0.3) is 0 Å². The fraction of sp³-hybridized carbons (Fsp3) is 0.462. The molecule has 104 valence electrons. The first kappa shape index (κ1) is 14.4. The highest BCUT2D eigenvalue weighted by Gasteiger charge is 2.28. The fourth-order valence-electron chi connectivity index (χ4n) is 2.45. The summed E-state index contributed by atoms with van der Waals surface area (Å²) >= 11 is 3.07. The maximum atomic E-state index is 13.2. The van der Waals surface area contributed by atoms with Gasteiger partial charge in [-0.05, 0) is 53.4 Å². The molecular formula is C13H15BrF2N2O. The van der Waals surface area contributed by atoms with Crippen molar-refractivity contribution in [1.29, 1.82) is 0 Å². The minimum Gasteiger partial charge on any atom is -0.349 e. The van der Waals surface area contributed by atoms with Crippen molar-refractivity contribution >= 4 is 21.8 Å². The Kier molecular flexibility index (Phi) is 4.52. The number of nitrogens with one attached hydrogen (secondary N) is 1. The second kappa shape index (κ2) is 5.96. The van der Waals surface area contributed by atoms with E-state index in [1.165, 1.54) is 0 Å². The Morgan fingerprint density at radius 1 is 1.37 bits per heavy atom. The molecule has 2 atom stereocenters. The van der Waals surface area contributed by atoms with Crippen LogP contribution in [0.4, 0.5) is 8.78 Å². The molecule has 1 saturated carbocycles. The van der Waals surface area contributed by atoms with E-state index in [0.717, 1.165) is 31.4 Å². The molecule has 19 heavy (non-hydrogen) atoms. The predicted molar refractivity (Wildman–Crippen MR) is 71.7 cm³/mol. The minimum atomic E-state index is -1.03. The third kappa shape index (κ3) is 3.12. The average Bonchev–Trinajstić information content (AvgIpc) is 2.80. The number of hydrogen-bond acceptors (Lipinski definition) is 2. The van der Waals surface area contributed by atoms with Gasteiger partial charge in [0.2, 0.25) is 0 Å². The molecule has 0 saturated heterocycles. The van der Waals surface area contributed by atoms with Crippen molar-refractivity contribution < 1.29 is 13.6 Å². The molecule has 2 rings (SSSR count). The fourth-order valence-corrected chi connectivity index (χ4v) is 2.95. The van der Waals surface area contributed by atoms with Crippen LogP contribution in [0.15, 0.2) is 16.6 Å². The molecule has 2 unspecified atom stereocenters. The summed E-state index contributed by atoms with van der Waals surface area (Å²) in [6, 6.07) is 1.87. The highest BCUT2D eigenvalue weighted by molar-refractivity contribution is 9.10. The van der Waals surface area contributed by atoms with Crippen molar-refractivity contribution in [2.24, 2.45) is 11.7 Å². The second-order valence-electron chi connectivity index (χ2n) is 4.75.